The summed E-state index contributed by atoms with van der Waals surface area (Å²) in [4.78, 5) is 30.5. The predicted molar refractivity (Wildman–Crippen MR) is 109 cm³/mol. The first-order chi connectivity index (χ1) is 14.0. The highest BCUT2D eigenvalue weighted by Crippen LogP contribution is 2.40. The average molecular weight is 410 g/mol. The lowest BCUT2D eigenvalue weighted by Gasteiger charge is -2.17. The van der Waals surface area contributed by atoms with Crippen LogP contribution in [0.1, 0.15) is 47.8 Å². The van der Waals surface area contributed by atoms with Gasteiger partial charge in [-0.25, -0.2) is 9.37 Å². The summed E-state index contributed by atoms with van der Waals surface area (Å²) in [5.74, 6) is -0.401. The van der Waals surface area contributed by atoms with E-state index in [9.17, 15) is 14.0 Å². The van der Waals surface area contributed by atoms with Crippen molar-refractivity contribution in [2.45, 2.75) is 32.8 Å². The number of carbonyl (C=O) groups excluding carboxylic acids is 2. The fourth-order valence-electron chi connectivity index (χ4n) is 3.57. The fraction of sp³-hybridized carbons (Fsp3) is 0.227. The molecule has 0 saturated carbocycles. The Morgan fingerprint density at radius 3 is 2.76 bits per heavy atom. The van der Waals surface area contributed by atoms with Crippen molar-refractivity contribution in [3.8, 4) is 5.75 Å². The van der Waals surface area contributed by atoms with Gasteiger partial charge in [-0.2, -0.15) is 0 Å². The Bertz CT molecular complexity index is 1080. The van der Waals surface area contributed by atoms with Crippen LogP contribution >= 0.6 is 11.3 Å². The number of Topliss-reactive ketones (excluding diaryl/α,β-unsaturated/α-hetero) is 1. The number of hydrogen-bond donors (Lipinski definition) is 0. The number of ether oxygens (including phenoxy) is 1. The molecular formula is C22H19FN2O3S. The van der Waals surface area contributed by atoms with E-state index in [1.807, 2.05) is 42.6 Å². The van der Waals surface area contributed by atoms with E-state index in [0.717, 1.165) is 5.69 Å². The monoisotopic (exact) mass is 410 g/mol. The number of hydrogen-bond acceptors (Lipinski definition) is 5. The number of thiazole rings is 1. The second-order valence-corrected chi connectivity index (χ2v) is 7.80. The molecule has 4 rings (SSSR count). The number of rotatable bonds is 5. The van der Waals surface area contributed by atoms with Gasteiger partial charge in [0.05, 0.1) is 16.9 Å². The molecule has 1 heterocycles. The zero-order valence-corrected chi connectivity index (χ0v) is 16.8. The second-order valence-electron chi connectivity index (χ2n) is 6.96. The summed E-state index contributed by atoms with van der Waals surface area (Å²) >= 11 is 1.33. The summed E-state index contributed by atoms with van der Waals surface area (Å²) in [5.41, 5.74) is 2.13. The van der Waals surface area contributed by atoms with Gasteiger partial charge in [0.2, 0.25) is 5.91 Å². The van der Waals surface area contributed by atoms with Crippen LogP contribution in [-0.2, 0) is 11.4 Å². The van der Waals surface area contributed by atoms with Crippen molar-refractivity contribution in [3.05, 3.63) is 70.5 Å². The van der Waals surface area contributed by atoms with E-state index in [1.54, 1.807) is 0 Å². The van der Waals surface area contributed by atoms with Crippen molar-refractivity contribution < 1.29 is 18.7 Å². The van der Waals surface area contributed by atoms with Crippen LogP contribution < -0.4 is 9.64 Å². The van der Waals surface area contributed by atoms with Crippen molar-refractivity contribution in [1.82, 2.24) is 4.98 Å². The number of anilines is 2. The van der Waals surface area contributed by atoms with Crippen LogP contribution in [0.2, 0.25) is 0 Å². The number of aromatic nitrogens is 1. The SMILES string of the molecule is CC(=O)N(c1ccccc1)c1nc(COc2ccc(F)c3c2C(=O)C[C@H]3C)cs1. The number of carbonyl (C=O) groups is 2. The van der Waals surface area contributed by atoms with Gasteiger partial charge >= 0.3 is 0 Å². The Balaban J connectivity index is 1.56. The molecule has 0 fully saturated rings. The van der Waals surface area contributed by atoms with Gasteiger partial charge in [0.15, 0.2) is 10.9 Å². The third-order valence-electron chi connectivity index (χ3n) is 4.85. The molecular weight excluding hydrogens is 391 g/mol. The van der Waals surface area contributed by atoms with Gasteiger partial charge < -0.3 is 4.74 Å². The van der Waals surface area contributed by atoms with Crippen LogP contribution in [0.3, 0.4) is 0 Å². The van der Waals surface area contributed by atoms with E-state index < -0.39 is 0 Å². The highest BCUT2D eigenvalue weighted by molar-refractivity contribution is 7.14. The van der Waals surface area contributed by atoms with E-state index >= 15 is 0 Å². The molecule has 1 aliphatic carbocycles. The first kappa shape index (κ1) is 19.3. The summed E-state index contributed by atoms with van der Waals surface area (Å²) in [6.07, 6.45) is 0.290. The van der Waals surface area contributed by atoms with E-state index in [4.69, 9.17) is 4.74 Å². The molecule has 7 heteroatoms. The quantitative estimate of drug-likeness (QED) is 0.577. The van der Waals surface area contributed by atoms with E-state index in [1.165, 1.54) is 35.3 Å². The number of ketones is 1. The molecule has 1 atom stereocenters. The Kier molecular flexibility index (Phi) is 5.15. The molecule has 1 aliphatic rings. The largest absolute Gasteiger partial charge is 0.486 e. The van der Waals surface area contributed by atoms with Crippen LogP contribution in [0.15, 0.2) is 47.8 Å². The van der Waals surface area contributed by atoms with Gasteiger partial charge in [0, 0.05) is 24.3 Å². The Morgan fingerprint density at radius 1 is 1.28 bits per heavy atom. The number of amides is 1. The zero-order chi connectivity index (χ0) is 20.5. The molecule has 29 heavy (non-hydrogen) atoms. The molecule has 1 aromatic heterocycles. The van der Waals surface area contributed by atoms with Gasteiger partial charge in [0.1, 0.15) is 18.2 Å². The van der Waals surface area contributed by atoms with Crippen LogP contribution in [-0.4, -0.2) is 16.7 Å². The summed E-state index contributed by atoms with van der Waals surface area (Å²) < 4.78 is 20.0. The number of benzene rings is 2. The normalized spacial score (nSPS) is 15.3. The molecule has 0 saturated heterocycles. The van der Waals surface area contributed by atoms with Crippen LogP contribution in [0, 0.1) is 5.82 Å². The average Bonchev–Trinajstić information content (AvgIpc) is 3.27. The van der Waals surface area contributed by atoms with Gasteiger partial charge in [0.25, 0.3) is 0 Å². The zero-order valence-electron chi connectivity index (χ0n) is 16.0. The minimum absolute atomic E-state index is 0.104. The van der Waals surface area contributed by atoms with Crippen LogP contribution in [0.5, 0.6) is 5.75 Å². The maximum absolute atomic E-state index is 14.1. The first-order valence-corrected chi connectivity index (χ1v) is 10.1. The van der Waals surface area contributed by atoms with Gasteiger partial charge in [-0.1, -0.05) is 25.1 Å². The number of para-hydroxylation sites is 1. The molecule has 5 nitrogen and oxygen atoms in total. The number of halogens is 1. The van der Waals surface area contributed by atoms with Gasteiger partial charge in [-0.3, -0.25) is 14.5 Å². The highest BCUT2D eigenvalue weighted by Gasteiger charge is 2.32. The lowest BCUT2D eigenvalue weighted by Crippen LogP contribution is -2.22. The number of fused-ring (bicyclic) bond motifs is 1. The van der Waals surface area contributed by atoms with Crippen molar-refractivity contribution >= 4 is 33.8 Å². The maximum Gasteiger partial charge on any atom is 0.230 e. The van der Waals surface area contributed by atoms with Crippen LogP contribution in [0.4, 0.5) is 15.2 Å². The molecule has 0 spiro atoms. The Labute approximate surface area is 171 Å². The summed E-state index contributed by atoms with van der Waals surface area (Å²) in [5, 5.41) is 2.35. The van der Waals surface area contributed by atoms with E-state index in [-0.39, 0.29) is 36.5 Å². The standard InChI is InChI=1S/C22H19FN2O3S/c1-13-10-18(27)21-19(9-8-17(23)20(13)21)28-11-15-12-29-22(24-15)25(14(2)26)16-6-4-3-5-7-16/h3-9,12-13H,10-11H2,1-2H3/t13-/m1/s1. The highest BCUT2D eigenvalue weighted by atomic mass is 32.1. The second kappa shape index (κ2) is 7.75. The number of nitrogens with zero attached hydrogens (tertiary/aromatic N) is 2. The predicted octanol–water partition coefficient (Wildman–Crippen LogP) is 5.24. The smallest absolute Gasteiger partial charge is 0.230 e. The van der Waals surface area contributed by atoms with E-state index in [0.29, 0.717) is 27.7 Å². The molecule has 0 aliphatic heterocycles. The van der Waals surface area contributed by atoms with Gasteiger partial charge in [-0.05, 0) is 30.2 Å². The summed E-state index contributed by atoms with van der Waals surface area (Å²) in [7, 11) is 0. The molecule has 3 aromatic rings. The van der Waals surface area contributed by atoms with Crippen molar-refractivity contribution in [1.29, 1.82) is 0 Å². The maximum atomic E-state index is 14.1. The third-order valence-corrected chi connectivity index (χ3v) is 5.73. The Hall–Kier alpha value is -3.06. The molecule has 148 valence electrons. The van der Waals surface area contributed by atoms with E-state index in [2.05, 4.69) is 4.98 Å². The topological polar surface area (TPSA) is 59.5 Å². The van der Waals surface area contributed by atoms with Crippen LogP contribution in [0.25, 0.3) is 0 Å². The molecule has 0 N–H and O–H groups in total. The first-order valence-electron chi connectivity index (χ1n) is 9.24. The molecule has 0 unspecified atom stereocenters. The van der Waals surface area contributed by atoms with Crippen molar-refractivity contribution in [2.75, 3.05) is 4.90 Å². The summed E-state index contributed by atoms with van der Waals surface area (Å²) in [6, 6.07) is 12.1. The molecule has 2 aromatic carbocycles. The fourth-order valence-corrected chi connectivity index (χ4v) is 4.44. The minimum atomic E-state index is -0.374. The Morgan fingerprint density at radius 2 is 2.03 bits per heavy atom. The van der Waals surface area contributed by atoms with Crippen molar-refractivity contribution in [3.63, 3.8) is 0 Å². The summed E-state index contributed by atoms with van der Waals surface area (Å²) in [6.45, 7) is 3.44. The lowest BCUT2D eigenvalue weighted by atomic mass is 10.0. The lowest BCUT2D eigenvalue weighted by molar-refractivity contribution is -0.115. The third kappa shape index (κ3) is 3.65. The van der Waals surface area contributed by atoms with Crippen molar-refractivity contribution in [2.24, 2.45) is 0 Å². The molecule has 0 bridgehead atoms. The molecule has 1 amide bonds. The minimum Gasteiger partial charge on any atom is -0.486 e. The molecule has 0 radical (unpaired) electrons. The van der Waals surface area contributed by atoms with Gasteiger partial charge in [-0.15, -0.1) is 11.3 Å².